The lowest BCUT2D eigenvalue weighted by atomic mass is 10.0. The second-order valence-corrected chi connectivity index (χ2v) is 6.74. The number of nitrogens with two attached hydrogens (primary N) is 1. The lowest BCUT2D eigenvalue weighted by Crippen LogP contribution is -2.46. The van der Waals surface area contributed by atoms with Gasteiger partial charge in [-0.15, -0.1) is 0 Å². The van der Waals surface area contributed by atoms with E-state index in [2.05, 4.69) is 46.1 Å². The topological polar surface area (TPSA) is 76.2 Å². The van der Waals surface area contributed by atoms with Crippen molar-refractivity contribution in [3.8, 4) is 0 Å². The third kappa shape index (κ3) is 4.19. The molecule has 25 heavy (non-hydrogen) atoms. The average molecular weight is 343 g/mol. The molecule has 0 aliphatic carbocycles. The van der Waals surface area contributed by atoms with E-state index < -0.39 is 0 Å². The molecular weight excluding hydrogens is 314 g/mol. The minimum Gasteiger partial charge on any atom is -0.354 e. The van der Waals surface area contributed by atoms with Gasteiger partial charge in [-0.2, -0.15) is 5.10 Å². The van der Waals surface area contributed by atoms with E-state index >= 15 is 0 Å². The molecule has 1 fully saturated rings. The molecule has 0 bridgehead atoms. The van der Waals surface area contributed by atoms with E-state index in [1.807, 2.05) is 0 Å². The SMILES string of the molecule is CCn1nc(CN2CCCCC2CNC(=O)CCN)c2ccccc21. The van der Waals surface area contributed by atoms with Crippen LogP contribution in [0.15, 0.2) is 24.3 Å². The van der Waals surface area contributed by atoms with E-state index in [1.54, 1.807) is 0 Å². The number of hydrogen-bond donors (Lipinski definition) is 2. The van der Waals surface area contributed by atoms with Gasteiger partial charge in [0.2, 0.25) is 5.91 Å². The number of piperidine rings is 1. The zero-order chi connectivity index (χ0) is 17.6. The Morgan fingerprint density at radius 1 is 1.36 bits per heavy atom. The fourth-order valence-electron chi connectivity index (χ4n) is 3.70. The number of rotatable bonds is 7. The molecule has 1 atom stereocenters. The van der Waals surface area contributed by atoms with Gasteiger partial charge < -0.3 is 11.1 Å². The molecule has 2 aromatic rings. The Morgan fingerprint density at radius 2 is 2.20 bits per heavy atom. The summed E-state index contributed by atoms with van der Waals surface area (Å²) in [6.07, 6.45) is 3.95. The molecule has 1 aliphatic heterocycles. The number of benzene rings is 1. The van der Waals surface area contributed by atoms with Gasteiger partial charge in [0, 0.05) is 44.0 Å². The molecule has 0 saturated carbocycles. The molecule has 2 heterocycles. The van der Waals surface area contributed by atoms with Gasteiger partial charge in [-0.3, -0.25) is 14.4 Å². The summed E-state index contributed by atoms with van der Waals surface area (Å²) in [5.74, 6) is 0.0498. The van der Waals surface area contributed by atoms with Crippen LogP contribution in [0.25, 0.3) is 10.9 Å². The van der Waals surface area contributed by atoms with Crippen molar-refractivity contribution >= 4 is 16.8 Å². The molecule has 1 saturated heterocycles. The molecule has 1 aromatic carbocycles. The number of carbonyl (C=O) groups excluding carboxylic acids is 1. The van der Waals surface area contributed by atoms with Crippen molar-refractivity contribution in [2.45, 2.75) is 51.7 Å². The average Bonchev–Trinajstić information content (AvgIpc) is 2.99. The van der Waals surface area contributed by atoms with Crippen LogP contribution in [0, 0.1) is 0 Å². The number of hydrogen-bond acceptors (Lipinski definition) is 4. The highest BCUT2D eigenvalue weighted by Gasteiger charge is 2.24. The first-order valence-electron chi connectivity index (χ1n) is 9.38. The van der Waals surface area contributed by atoms with Crippen molar-refractivity contribution < 1.29 is 4.79 Å². The maximum atomic E-state index is 11.7. The normalized spacial score (nSPS) is 18.6. The molecular formula is C19H29N5O. The summed E-state index contributed by atoms with van der Waals surface area (Å²) in [4.78, 5) is 14.2. The molecule has 136 valence electrons. The highest BCUT2D eigenvalue weighted by Crippen LogP contribution is 2.24. The highest BCUT2D eigenvalue weighted by atomic mass is 16.1. The van der Waals surface area contributed by atoms with E-state index in [0.717, 1.165) is 31.7 Å². The fourth-order valence-corrected chi connectivity index (χ4v) is 3.70. The number of likely N-dealkylation sites (tertiary alicyclic amines) is 1. The first-order chi connectivity index (χ1) is 12.2. The standard InChI is InChI=1S/C19H29N5O/c1-2-24-18-9-4-3-8-16(18)17(22-24)14-23-12-6-5-7-15(23)13-21-19(25)10-11-20/h3-4,8-9,15H,2,5-7,10-14,20H2,1H3,(H,21,25). The summed E-state index contributed by atoms with van der Waals surface area (Å²) in [6.45, 7) is 6.00. The summed E-state index contributed by atoms with van der Waals surface area (Å²) < 4.78 is 2.08. The van der Waals surface area contributed by atoms with Crippen LogP contribution in [0.2, 0.25) is 0 Å². The first kappa shape index (κ1) is 17.9. The van der Waals surface area contributed by atoms with Crippen LogP contribution in [-0.2, 0) is 17.9 Å². The maximum absolute atomic E-state index is 11.7. The fraction of sp³-hybridized carbons (Fsp3) is 0.579. The minimum absolute atomic E-state index is 0.0498. The smallest absolute Gasteiger partial charge is 0.221 e. The van der Waals surface area contributed by atoms with Crippen molar-refractivity contribution in [2.75, 3.05) is 19.6 Å². The molecule has 6 heteroatoms. The van der Waals surface area contributed by atoms with E-state index in [0.29, 0.717) is 25.6 Å². The molecule has 1 unspecified atom stereocenters. The van der Waals surface area contributed by atoms with Gasteiger partial charge in [0.05, 0.1) is 11.2 Å². The number of nitrogens with one attached hydrogen (secondary N) is 1. The Labute approximate surface area is 149 Å². The number of aromatic nitrogens is 2. The summed E-state index contributed by atoms with van der Waals surface area (Å²) in [7, 11) is 0. The van der Waals surface area contributed by atoms with Gasteiger partial charge >= 0.3 is 0 Å². The van der Waals surface area contributed by atoms with E-state index in [9.17, 15) is 4.79 Å². The van der Waals surface area contributed by atoms with Crippen LogP contribution in [0.1, 0.15) is 38.3 Å². The van der Waals surface area contributed by atoms with Crippen molar-refractivity contribution in [2.24, 2.45) is 5.73 Å². The number of carbonyl (C=O) groups is 1. The number of fused-ring (bicyclic) bond motifs is 1. The van der Waals surface area contributed by atoms with Gasteiger partial charge in [-0.1, -0.05) is 24.6 Å². The third-order valence-corrected chi connectivity index (χ3v) is 5.04. The summed E-state index contributed by atoms with van der Waals surface area (Å²) in [5, 5.41) is 9.11. The number of aryl methyl sites for hydroxylation is 1. The quantitative estimate of drug-likeness (QED) is 0.805. The minimum atomic E-state index is 0.0498. The van der Waals surface area contributed by atoms with Crippen molar-refractivity contribution in [1.82, 2.24) is 20.0 Å². The molecule has 0 radical (unpaired) electrons. The van der Waals surface area contributed by atoms with Gasteiger partial charge in [0.1, 0.15) is 0 Å². The Hall–Kier alpha value is -1.92. The van der Waals surface area contributed by atoms with E-state index in [4.69, 9.17) is 10.8 Å². The van der Waals surface area contributed by atoms with Crippen LogP contribution in [0.4, 0.5) is 0 Å². The van der Waals surface area contributed by atoms with Crippen LogP contribution in [-0.4, -0.2) is 46.3 Å². The number of para-hydroxylation sites is 1. The Bertz CT molecular complexity index is 711. The van der Waals surface area contributed by atoms with E-state index in [-0.39, 0.29) is 5.91 Å². The predicted molar refractivity (Wildman–Crippen MR) is 100 cm³/mol. The molecule has 6 nitrogen and oxygen atoms in total. The molecule has 0 spiro atoms. The van der Waals surface area contributed by atoms with Gasteiger partial charge in [-0.05, 0) is 32.4 Å². The van der Waals surface area contributed by atoms with Crippen LogP contribution >= 0.6 is 0 Å². The van der Waals surface area contributed by atoms with Gasteiger partial charge in [-0.25, -0.2) is 0 Å². The molecule has 1 aliphatic rings. The highest BCUT2D eigenvalue weighted by molar-refractivity contribution is 5.81. The largest absolute Gasteiger partial charge is 0.354 e. The predicted octanol–water partition coefficient (Wildman–Crippen LogP) is 1.88. The Balaban J connectivity index is 1.72. The second-order valence-electron chi connectivity index (χ2n) is 6.74. The van der Waals surface area contributed by atoms with Gasteiger partial charge in [0.25, 0.3) is 0 Å². The monoisotopic (exact) mass is 343 g/mol. The van der Waals surface area contributed by atoms with Crippen molar-refractivity contribution in [1.29, 1.82) is 0 Å². The summed E-state index contributed by atoms with van der Waals surface area (Å²) in [6, 6.07) is 8.81. The molecule has 1 amide bonds. The number of amides is 1. The molecule has 1 aromatic heterocycles. The summed E-state index contributed by atoms with van der Waals surface area (Å²) >= 11 is 0. The lowest BCUT2D eigenvalue weighted by Gasteiger charge is -2.35. The lowest BCUT2D eigenvalue weighted by molar-refractivity contribution is -0.121. The first-order valence-corrected chi connectivity index (χ1v) is 9.38. The zero-order valence-electron chi connectivity index (χ0n) is 15.1. The zero-order valence-corrected chi connectivity index (χ0v) is 15.1. The summed E-state index contributed by atoms with van der Waals surface area (Å²) in [5.41, 5.74) is 7.79. The van der Waals surface area contributed by atoms with E-state index in [1.165, 1.54) is 23.7 Å². The molecule has 3 N–H and O–H groups in total. The third-order valence-electron chi connectivity index (χ3n) is 5.04. The Morgan fingerprint density at radius 3 is 3.00 bits per heavy atom. The van der Waals surface area contributed by atoms with Crippen molar-refractivity contribution in [3.63, 3.8) is 0 Å². The Kier molecular flexibility index (Phi) is 6.04. The maximum Gasteiger partial charge on any atom is 0.221 e. The number of nitrogens with zero attached hydrogens (tertiary/aromatic N) is 3. The van der Waals surface area contributed by atoms with Crippen molar-refractivity contribution in [3.05, 3.63) is 30.0 Å². The van der Waals surface area contributed by atoms with Gasteiger partial charge in [0.15, 0.2) is 0 Å². The second kappa shape index (κ2) is 8.45. The van der Waals surface area contributed by atoms with Crippen LogP contribution < -0.4 is 11.1 Å². The molecule has 3 rings (SSSR count). The van der Waals surface area contributed by atoms with Crippen LogP contribution in [0.3, 0.4) is 0 Å². The van der Waals surface area contributed by atoms with Crippen LogP contribution in [0.5, 0.6) is 0 Å².